The van der Waals surface area contributed by atoms with Crippen molar-refractivity contribution in [3.05, 3.63) is 0 Å². The predicted octanol–water partition coefficient (Wildman–Crippen LogP) is 3.55. The van der Waals surface area contributed by atoms with E-state index in [1.165, 1.54) is 25.7 Å². The summed E-state index contributed by atoms with van der Waals surface area (Å²) in [7, 11) is 0. The van der Waals surface area contributed by atoms with E-state index >= 15 is 0 Å². The number of rotatable bonds is 2. The molecule has 0 spiro atoms. The number of nitriles is 1. The van der Waals surface area contributed by atoms with Gasteiger partial charge in [0.2, 0.25) is 5.91 Å². The first-order valence-corrected chi connectivity index (χ1v) is 7.90. The molecule has 0 aromatic carbocycles. The highest BCUT2D eigenvalue weighted by atomic mass is 16.2. The maximum atomic E-state index is 12.5. The van der Waals surface area contributed by atoms with Crippen molar-refractivity contribution in [3.63, 3.8) is 0 Å². The minimum absolute atomic E-state index is 0.00782. The Morgan fingerprint density at radius 2 is 1.74 bits per heavy atom. The van der Waals surface area contributed by atoms with E-state index < -0.39 is 5.41 Å². The van der Waals surface area contributed by atoms with E-state index in [4.69, 9.17) is 0 Å². The normalized spacial score (nSPS) is 30.9. The Kier molecular flexibility index (Phi) is 4.85. The molecule has 0 aromatic rings. The van der Waals surface area contributed by atoms with E-state index in [0.717, 1.165) is 38.5 Å². The Bertz CT molecular complexity index is 352. The number of hydrogen-bond acceptors (Lipinski definition) is 2. The monoisotopic (exact) mass is 262 g/mol. The van der Waals surface area contributed by atoms with Gasteiger partial charge in [0.25, 0.3) is 0 Å². The van der Waals surface area contributed by atoms with Crippen LogP contribution in [0.25, 0.3) is 0 Å². The van der Waals surface area contributed by atoms with Crippen LogP contribution >= 0.6 is 0 Å². The Morgan fingerprint density at radius 3 is 2.42 bits per heavy atom. The van der Waals surface area contributed by atoms with Crippen molar-refractivity contribution in [2.45, 2.75) is 77.2 Å². The number of nitrogens with zero attached hydrogens (tertiary/aromatic N) is 1. The minimum atomic E-state index is -0.732. The van der Waals surface area contributed by atoms with Crippen LogP contribution in [-0.2, 0) is 4.79 Å². The summed E-state index contributed by atoms with van der Waals surface area (Å²) in [5.41, 5.74) is -0.732. The summed E-state index contributed by atoms with van der Waals surface area (Å²) in [6.45, 7) is 2.23. The summed E-state index contributed by atoms with van der Waals surface area (Å²) in [5.74, 6) is 0.555. The first kappa shape index (κ1) is 14.4. The average molecular weight is 262 g/mol. The van der Waals surface area contributed by atoms with Crippen LogP contribution in [0.4, 0.5) is 0 Å². The van der Waals surface area contributed by atoms with E-state index in [1.54, 1.807) is 0 Å². The van der Waals surface area contributed by atoms with Gasteiger partial charge >= 0.3 is 0 Å². The zero-order valence-electron chi connectivity index (χ0n) is 12.1. The van der Waals surface area contributed by atoms with Crippen LogP contribution in [0.2, 0.25) is 0 Å². The van der Waals surface area contributed by atoms with E-state index in [0.29, 0.717) is 5.92 Å². The topological polar surface area (TPSA) is 52.9 Å². The van der Waals surface area contributed by atoms with Gasteiger partial charge in [0.1, 0.15) is 5.41 Å². The molecule has 2 rings (SSSR count). The molecule has 0 aliphatic heterocycles. The Balaban J connectivity index is 2.00. The molecule has 0 bridgehead atoms. The predicted molar refractivity (Wildman–Crippen MR) is 75.3 cm³/mol. The van der Waals surface area contributed by atoms with Crippen molar-refractivity contribution in [3.8, 4) is 6.07 Å². The SMILES string of the molecule is CC1CCCCCC1NC(=O)C1(C#N)CCCCC1. The fourth-order valence-corrected chi connectivity index (χ4v) is 3.56. The fourth-order valence-electron chi connectivity index (χ4n) is 3.56. The zero-order valence-corrected chi connectivity index (χ0v) is 12.1. The van der Waals surface area contributed by atoms with Gasteiger partial charge in [0.15, 0.2) is 0 Å². The Morgan fingerprint density at radius 1 is 1.11 bits per heavy atom. The number of hydrogen-bond donors (Lipinski definition) is 1. The molecule has 0 heterocycles. The van der Waals surface area contributed by atoms with Gasteiger partial charge in [-0.25, -0.2) is 0 Å². The quantitative estimate of drug-likeness (QED) is 0.774. The summed E-state index contributed by atoms with van der Waals surface area (Å²) < 4.78 is 0. The van der Waals surface area contributed by atoms with E-state index in [-0.39, 0.29) is 11.9 Å². The van der Waals surface area contributed by atoms with Gasteiger partial charge in [-0.15, -0.1) is 0 Å². The highest BCUT2D eigenvalue weighted by molar-refractivity contribution is 5.85. The molecule has 2 aliphatic carbocycles. The second kappa shape index (κ2) is 6.41. The summed E-state index contributed by atoms with van der Waals surface area (Å²) in [5, 5.41) is 12.7. The van der Waals surface area contributed by atoms with Gasteiger partial charge in [-0.3, -0.25) is 4.79 Å². The van der Waals surface area contributed by atoms with E-state index in [2.05, 4.69) is 18.3 Å². The van der Waals surface area contributed by atoms with Gasteiger partial charge in [0.05, 0.1) is 6.07 Å². The smallest absolute Gasteiger partial charge is 0.240 e. The molecule has 3 nitrogen and oxygen atoms in total. The summed E-state index contributed by atoms with van der Waals surface area (Å²) >= 11 is 0. The van der Waals surface area contributed by atoms with Gasteiger partial charge < -0.3 is 5.32 Å². The number of carbonyl (C=O) groups is 1. The van der Waals surface area contributed by atoms with E-state index in [1.807, 2.05) is 0 Å². The lowest BCUT2D eigenvalue weighted by Crippen LogP contribution is -2.47. The third-order valence-corrected chi connectivity index (χ3v) is 5.03. The fraction of sp³-hybridized carbons (Fsp3) is 0.875. The largest absolute Gasteiger partial charge is 0.352 e. The molecule has 2 saturated carbocycles. The summed E-state index contributed by atoms with van der Waals surface area (Å²) in [6.07, 6.45) is 10.7. The van der Waals surface area contributed by atoms with Gasteiger partial charge in [-0.1, -0.05) is 45.4 Å². The Labute approximate surface area is 116 Å². The average Bonchev–Trinajstić information content (AvgIpc) is 2.65. The molecule has 19 heavy (non-hydrogen) atoms. The second-order valence-electron chi connectivity index (χ2n) is 6.45. The third kappa shape index (κ3) is 3.29. The van der Waals surface area contributed by atoms with Crippen LogP contribution in [0.15, 0.2) is 0 Å². The van der Waals surface area contributed by atoms with Gasteiger partial charge in [-0.05, 0) is 31.6 Å². The summed E-state index contributed by atoms with van der Waals surface area (Å²) in [4.78, 5) is 12.5. The van der Waals surface area contributed by atoms with E-state index in [9.17, 15) is 10.1 Å². The second-order valence-corrected chi connectivity index (χ2v) is 6.45. The van der Waals surface area contributed by atoms with Crippen LogP contribution in [0.3, 0.4) is 0 Å². The molecule has 2 unspecified atom stereocenters. The van der Waals surface area contributed by atoms with Gasteiger partial charge in [0, 0.05) is 6.04 Å². The molecular formula is C16H26N2O. The van der Waals surface area contributed by atoms with Crippen LogP contribution < -0.4 is 5.32 Å². The lowest BCUT2D eigenvalue weighted by atomic mass is 9.74. The van der Waals surface area contributed by atoms with Crippen LogP contribution in [-0.4, -0.2) is 11.9 Å². The molecule has 1 amide bonds. The standard InChI is InChI=1S/C16H26N2O/c1-13-8-4-2-5-9-14(13)18-15(19)16(12-17)10-6-3-7-11-16/h13-14H,2-11H2,1H3,(H,18,19). The first-order chi connectivity index (χ1) is 9.18. The minimum Gasteiger partial charge on any atom is -0.352 e. The van der Waals surface area contributed by atoms with Crippen molar-refractivity contribution in [1.29, 1.82) is 5.26 Å². The van der Waals surface area contributed by atoms with Crippen LogP contribution in [0, 0.1) is 22.7 Å². The third-order valence-electron chi connectivity index (χ3n) is 5.03. The molecule has 1 N–H and O–H groups in total. The molecule has 0 radical (unpaired) electrons. The molecule has 106 valence electrons. The Hall–Kier alpha value is -1.04. The summed E-state index contributed by atoms with van der Waals surface area (Å²) in [6, 6.07) is 2.60. The zero-order chi connectivity index (χ0) is 13.7. The number of carbonyl (C=O) groups excluding carboxylic acids is 1. The van der Waals surface area contributed by atoms with Crippen LogP contribution in [0.1, 0.15) is 71.1 Å². The van der Waals surface area contributed by atoms with Gasteiger partial charge in [-0.2, -0.15) is 5.26 Å². The number of amides is 1. The first-order valence-electron chi connectivity index (χ1n) is 7.90. The van der Waals surface area contributed by atoms with Crippen molar-refractivity contribution in [1.82, 2.24) is 5.32 Å². The molecule has 0 aromatic heterocycles. The molecular weight excluding hydrogens is 236 g/mol. The molecule has 3 heteroatoms. The van der Waals surface area contributed by atoms with Crippen molar-refractivity contribution in [2.24, 2.45) is 11.3 Å². The molecule has 0 saturated heterocycles. The van der Waals surface area contributed by atoms with Crippen molar-refractivity contribution in [2.75, 3.05) is 0 Å². The molecule has 2 atom stereocenters. The van der Waals surface area contributed by atoms with Crippen molar-refractivity contribution >= 4 is 5.91 Å². The lowest BCUT2D eigenvalue weighted by molar-refractivity contribution is -0.130. The number of nitrogens with one attached hydrogen (secondary N) is 1. The lowest BCUT2D eigenvalue weighted by Gasteiger charge is -2.32. The molecule has 2 fully saturated rings. The highest BCUT2D eigenvalue weighted by Crippen LogP contribution is 2.36. The highest BCUT2D eigenvalue weighted by Gasteiger charge is 2.41. The molecule has 2 aliphatic rings. The van der Waals surface area contributed by atoms with Crippen molar-refractivity contribution < 1.29 is 4.79 Å². The maximum absolute atomic E-state index is 12.5. The maximum Gasteiger partial charge on any atom is 0.240 e. The van der Waals surface area contributed by atoms with Crippen LogP contribution in [0.5, 0.6) is 0 Å².